The molecule has 0 spiro atoms. The van der Waals surface area contributed by atoms with Gasteiger partial charge >= 0.3 is 0 Å². The molecular weight excluding hydrogens is 254 g/mol. The standard InChI is InChI=1S/C14H21N5O/c1-3-5-9(2)12-11(14(16)20)13(15)19(18-12)10-6-4-7-17-8-10/h3,5,10,17H,2,4,6-8,15H2,1H3,(H2,16,20)/b5-3-. The van der Waals surface area contributed by atoms with Crippen LogP contribution in [-0.4, -0.2) is 28.8 Å². The molecule has 108 valence electrons. The minimum absolute atomic E-state index is 0.147. The molecule has 1 atom stereocenters. The molecule has 2 rings (SSSR count). The topological polar surface area (TPSA) is 99.0 Å². The molecule has 2 heterocycles. The van der Waals surface area contributed by atoms with Gasteiger partial charge in [-0.2, -0.15) is 5.10 Å². The summed E-state index contributed by atoms with van der Waals surface area (Å²) in [5.74, 6) is -0.245. The number of nitrogens with one attached hydrogen (secondary N) is 1. The van der Waals surface area contributed by atoms with Crippen LogP contribution in [-0.2, 0) is 0 Å². The van der Waals surface area contributed by atoms with Gasteiger partial charge in [0.1, 0.15) is 17.1 Å². The second-order valence-electron chi connectivity index (χ2n) is 4.94. The molecule has 0 aliphatic carbocycles. The first-order chi connectivity index (χ1) is 9.56. The highest BCUT2D eigenvalue weighted by Gasteiger charge is 2.25. The zero-order valence-electron chi connectivity index (χ0n) is 11.7. The van der Waals surface area contributed by atoms with E-state index in [1.54, 1.807) is 10.8 Å². The number of allylic oxidation sites excluding steroid dienone is 3. The third-order valence-corrected chi connectivity index (χ3v) is 3.48. The SMILES string of the molecule is C=C(/C=C\C)c1nn(C2CCCNC2)c(N)c1C(N)=O. The van der Waals surface area contributed by atoms with Crippen LogP contribution < -0.4 is 16.8 Å². The molecule has 6 nitrogen and oxygen atoms in total. The van der Waals surface area contributed by atoms with Crippen molar-refractivity contribution in [1.29, 1.82) is 0 Å². The minimum atomic E-state index is -0.571. The van der Waals surface area contributed by atoms with Crippen LogP contribution in [0.15, 0.2) is 18.7 Å². The summed E-state index contributed by atoms with van der Waals surface area (Å²) in [6, 6.07) is 0.147. The van der Waals surface area contributed by atoms with Gasteiger partial charge in [0.2, 0.25) is 0 Å². The second kappa shape index (κ2) is 5.92. The number of nitrogen functional groups attached to an aromatic ring is 1. The molecule has 5 N–H and O–H groups in total. The smallest absolute Gasteiger partial charge is 0.254 e. The first-order valence-corrected chi connectivity index (χ1v) is 6.76. The Balaban J connectivity index is 2.46. The Bertz CT molecular complexity index is 552. The van der Waals surface area contributed by atoms with Gasteiger partial charge in [-0.3, -0.25) is 4.79 Å². The molecule has 1 fully saturated rings. The number of rotatable bonds is 4. The maximum Gasteiger partial charge on any atom is 0.254 e. The molecule has 0 bridgehead atoms. The number of hydrogen-bond donors (Lipinski definition) is 3. The van der Waals surface area contributed by atoms with Crippen LogP contribution in [0.25, 0.3) is 5.57 Å². The summed E-state index contributed by atoms with van der Waals surface area (Å²) in [6.45, 7) is 7.58. The van der Waals surface area contributed by atoms with E-state index in [0.717, 1.165) is 25.9 Å². The number of amides is 1. The number of nitrogens with two attached hydrogens (primary N) is 2. The highest BCUT2D eigenvalue weighted by atomic mass is 16.1. The fraction of sp³-hybridized carbons (Fsp3) is 0.429. The fourth-order valence-corrected chi connectivity index (χ4v) is 2.52. The molecule has 0 radical (unpaired) electrons. The van der Waals surface area contributed by atoms with Gasteiger partial charge in [-0.05, 0) is 31.9 Å². The molecule has 1 aliphatic heterocycles. The van der Waals surface area contributed by atoms with E-state index in [1.807, 2.05) is 13.0 Å². The zero-order valence-corrected chi connectivity index (χ0v) is 11.7. The lowest BCUT2D eigenvalue weighted by atomic mass is 10.1. The van der Waals surface area contributed by atoms with Gasteiger partial charge in [0, 0.05) is 6.54 Å². The average molecular weight is 275 g/mol. The number of aromatic nitrogens is 2. The van der Waals surface area contributed by atoms with Crippen molar-refractivity contribution in [2.24, 2.45) is 5.73 Å². The Morgan fingerprint density at radius 2 is 2.35 bits per heavy atom. The highest BCUT2D eigenvalue weighted by Crippen LogP contribution is 2.28. The van der Waals surface area contributed by atoms with Crippen molar-refractivity contribution in [2.75, 3.05) is 18.8 Å². The zero-order chi connectivity index (χ0) is 14.7. The first-order valence-electron chi connectivity index (χ1n) is 6.76. The number of carbonyl (C=O) groups excluding carboxylic acids is 1. The van der Waals surface area contributed by atoms with E-state index in [9.17, 15) is 4.79 Å². The summed E-state index contributed by atoms with van der Waals surface area (Å²) in [4.78, 5) is 11.7. The maximum atomic E-state index is 11.7. The molecular formula is C14H21N5O. The summed E-state index contributed by atoms with van der Waals surface area (Å²) >= 11 is 0. The van der Waals surface area contributed by atoms with Gasteiger partial charge < -0.3 is 16.8 Å². The van der Waals surface area contributed by atoms with Gasteiger partial charge in [0.25, 0.3) is 5.91 Å². The van der Waals surface area contributed by atoms with E-state index in [0.29, 0.717) is 17.1 Å². The summed E-state index contributed by atoms with van der Waals surface area (Å²) in [6.07, 6.45) is 5.66. The van der Waals surface area contributed by atoms with Gasteiger partial charge in [0.15, 0.2) is 0 Å². The lowest BCUT2D eigenvalue weighted by Crippen LogP contribution is -2.32. The van der Waals surface area contributed by atoms with Crippen molar-refractivity contribution in [1.82, 2.24) is 15.1 Å². The van der Waals surface area contributed by atoms with E-state index >= 15 is 0 Å². The van der Waals surface area contributed by atoms with Crippen LogP contribution >= 0.6 is 0 Å². The fourth-order valence-electron chi connectivity index (χ4n) is 2.52. The van der Waals surface area contributed by atoms with E-state index in [4.69, 9.17) is 11.5 Å². The predicted molar refractivity (Wildman–Crippen MR) is 80.1 cm³/mol. The summed E-state index contributed by atoms with van der Waals surface area (Å²) in [5.41, 5.74) is 12.9. The van der Waals surface area contributed by atoms with E-state index < -0.39 is 5.91 Å². The van der Waals surface area contributed by atoms with Crippen molar-refractivity contribution in [3.8, 4) is 0 Å². The second-order valence-corrected chi connectivity index (χ2v) is 4.94. The monoisotopic (exact) mass is 275 g/mol. The normalized spacial score (nSPS) is 19.4. The Kier molecular flexibility index (Phi) is 4.24. The lowest BCUT2D eigenvalue weighted by molar-refractivity contribution is 0.100. The van der Waals surface area contributed by atoms with Crippen LogP contribution in [0.1, 0.15) is 41.9 Å². The van der Waals surface area contributed by atoms with Crippen LogP contribution in [0.3, 0.4) is 0 Å². The number of piperidine rings is 1. The molecule has 1 aliphatic rings. The van der Waals surface area contributed by atoms with Gasteiger partial charge in [-0.1, -0.05) is 18.7 Å². The molecule has 1 aromatic heterocycles. The van der Waals surface area contributed by atoms with Gasteiger partial charge in [-0.15, -0.1) is 0 Å². The summed E-state index contributed by atoms with van der Waals surface area (Å²) in [7, 11) is 0. The third-order valence-electron chi connectivity index (χ3n) is 3.48. The lowest BCUT2D eigenvalue weighted by Gasteiger charge is -2.23. The van der Waals surface area contributed by atoms with Crippen LogP contribution in [0.5, 0.6) is 0 Å². The first kappa shape index (κ1) is 14.3. The Labute approximate surface area is 118 Å². The highest BCUT2D eigenvalue weighted by molar-refractivity contribution is 6.02. The minimum Gasteiger partial charge on any atom is -0.383 e. The van der Waals surface area contributed by atoms with E-state index in [1.165, 1.54) is 0 Å². The van der Waals surface area contributed by atoms with Crippen molar-refractivity contribution in [3.63, 3.8) is 0 Å². The van der Waals surface area contributed by atoms with E-state index in [2.05, 4.69) is 17.0 Å². The van der Waals surface area contributed by atoms with Crippen LogP contribution in [0.2, 0.25) is 0 Å². The quantitative estimate of drug-likeness (QED) is 0.716. The molecule has 6 heteroatoms. The molecule has 1 saturated heterocycles. The van der Waals surface area contributed by atoms with Gasteiger partial charge in [0.05, 0.1) is 6.04 Å². The molecule has 0 aromatic carbocycles. The molecule has 0 saturated carbocycles. The number of nitrogens with zero attached hydrogens (tertiary/aromatic N) is 2. The summed E-state index contributed by atoms with van der Waals surface area (Å²) in [5, 5.41) is 7.78. The van der Waals surface area contributed by atoms with Crippen molar-refractivity contribution >= 4 is 17.3 Å². The Hall–Kier alpha value is -2.08. The third kappa shape index (κ3) is 2.60. The molecule has 1 aromatic rings. The Morgan fingerprint density at radius 1 is 1.60 bits per heavy atom. The van der Waals surface area contributed by atoms with Crippen molar-refractivity contribution in [2.45, 2.75) is 25.8 Å². The molecule has 1 amide bonds. The molecule has 20 heavy (non-hydrogen) atoms. The number of primary amides is 1. The van der Waals surface area contributed by atoms with Crippen molar-refractivity contribution < 1.29 is 4.79 Å². The predicted octanol–water partition coefficient (Wildman–Crippen LogP) is 1.08. The van der Waals surface area contributed by atoms with Crippen LogP contribution in [0.4, 0.5) is 5.82 Å². The van der Waals surface area contributed by atoms with Gasteiger partial charge in [-0.25, -0.2) is 4.68 Å². The maximum absolute atomic E-state index is 11.7. The van der Waals surface area contributed by atoms with Crippen molar-refractivity contribution in [3.05, 3.63) is 30.0 Å². The Morgan fingerprint density at radius 3 is 2.90 bits per heavy atom. The largest absolute Gasteiger partial charge is 0.383 e. The van der Waals surface area contributed by atoms with Crippen LogP contribution in [0, 0.1) is 0 Å². The summed E-state index contributed by atoms with van der Waals surface area (Å²) < 4.78 is 1.70. The average Bonchev–Trinajstić information content (AvgIpc) is 2.78. The molecule has 1 unspecified atom stereocenters. The number of anilines is 1. The van der Waals surface area contributed by atoms with E-state index in [-0.39, 0.29) is 11.6 Å². The number of carbonyl (C=O) groups is 1. The number of hydrogen-bond acceptors (Lipinski definition) is 4.